The molecule has 1 aromatic rings. The Labute approximate surface area is 107 Å². The number of terminal acetylenes is 2. The van der Waals surface area contributed by atoms with E-state index in [1.165, 1.54) is 12.2 Å². The van der Waals surface area contributed by atoms with E-state index in [-0.39, 0.29) is 0 Å². The predicted molar refractivity (Wildman–Crippen MR) is 72.3 cm³/mol. The van der Waals surface area contributed by atoms with Gasteiger partial charge in [0, 0.05) is 0 Å². The maximum Gasteiger partial charge on any atom is 0.169 e. The van der Waals surface area contributed by atoms with Gasteiger partial charge in [0.05, 0.1) is 0 Å². The summed E-state index contributed by atoms with van der Waals surface area (Å²) in [7, 11) is 0. The third kappa shape index (κ3) is 2.21. The molecule has 2 nitrogen and oxygen atoms in total. The van der Waals surface area contributed by atoms with Crippen LogP contribution in [-0.2, 0) is 11.2 Å². The summed E-state index contributed by atoms with van der Waals surface area (Å²) in [4.78, 5) is 0. The minimum atomic E-state index is -1.53. The molecule has 0 fully saturated rings. The van der Waals surface area contributed by atoms with Gasteiger partial charge in [-0.25, -0.2) is 0 Å². The van der Waals surface area contributed by atoms with E-state index in [0.29, 0.717) is 11.1 Å². The molecule has 0 aliphatic heterocycles. The lowest BCUT2D eigenvalue weighted by Crippen LogP contribution is -2.22. The van der Waals surface area contributed by atoms with E-state index in [4.69, 9.17) is 12.8 Å². The van der Waals surface area contributed by atoms with Crippen LogP contribution in [0.1, 0.15) is 11.1 Å². The van der Waals surface area contributed by atoms with Crippen molar-refractivity contribution >= 4 is 0 Å². The Hall–Kier alpha value is -2.26. The molecule has 2 atom stereocenters. The lowest BCUT2D eigenvalue weighted by molar-refractivity contribution is 0.150. The monoisotopic (exact) mass is 238 g/mol. The maximum atomic E-state index is 10.0. The van der Waals surface area contributed by atoms with Gasteiger partial charge in [0.15, 0.2) is 11.2 Å². The molecule has 0 amide bonds. The van der Waals surface area contributed by atoms with Crippen molar-refractivity contribution in [3.63, 3.8) is 0 Å². The number of rotatable bonds is 4. The molecule has 2 heteroatoms. The van der Waals surface area contributed by atoms with Crippen LogP contribution in [0.15, 0.2) is 49.6 Å². The Kier molecular flexibility index (Phi) is 3.79. The van der Waals surface area contributed by atoms with Gasteiger partial charge in [-0.3, -0.25) is 0 Å². The summed E-state index contributed by atoms with van der Waals surface area (Å²) in [5, 5.41) is 20.1. The van der Waals surface area contributed by atoms with Gasteiger partial charge in [0.25, 0.3) is 0 Å². The fraction of sp³-hybridized carbons (Fsp3) is 0.125. The molecule has 2 unspecified atom stereocenters. The third-order valence-electron chi connectivity index (χ3n) is 2.80. The molecule has 0 heterocycles. The van der Waals surface area contributed by atoms with Crippen LogP contribution in [0.5, 0.6) is 0 Å². The summed E-state index contributed by atoms with van der Waals surface area (Å²) >= 11 is 0. The summed E-state index contributed by atoms with van der Waals surface area (Å²) < 4.78 is 0. The molecule has 0 spiro atoms. The van der Waals surface area contributed by atoms with Gasteiger partial charge in [0.1, 0.15) is 0 Å². The molecule has 18 heavy (non-hydrogen) atoms. The smallest absolute Gasteiger partial charge is 0.169 e. The molecular formula is C16H14O2. The SMILES string of the molecule is C#CC(O)(C=C)c1ccc(C(O)(C#C)C=C)cc1. The first-order chi connectivity index (χ1) is 8.45. The van der Waals surface area contributed by atoms with E-state index < -0.39 is 11.2 Å². The van der Waals surface area contributed by atoms with Gasteiger partial charge >= 0.3 is 0 Å². The van der Waals surface area contributed by atoms with Gasteiger partial charge in [0.2, 0.25) is 0 Å². The summed E-state index contributed by atoms with van der Waals surface area (Å²) in [6.45, 7) is 6.99. The normalized spacial score (nSPS) is 16.4. The highest BCUT2D eigenvalue weighted by Gasteiger charge is 2.25. The fourth-order valence-corrected chi connectivity index (χ4v) is 1.50. The molecular weight excluding hydrogens is 224 g/mol. The molecule has 0 aromatic heterocycles. The Bertz CT molecular complexity index is 491. The quantitative estimate of drug-likeness (QED) is 0.619. The van der Waals surface area contributed by atoms with Crippen molar-refractivity contribution in [2.75, 3.05) is 0 Å². The second-order valence-corrected chi connectivity index (χ2v) is 3.81. The van der Waals surface area contributed by atoms with E-state index in [1.54, 1.807) is 24.3 Å². The minimum absolute atomic E-state index is 0.479. The van der Waals surface area contributed by atoms with Gasteiger partial charge in [-0.1, -0.05) is 49.3 Å². The molecule has 0 aliphatic rings. The Morgan fingerprint density at radius 3 is 1.33 bits per heavy atom. The third-order valence-corrected chi connectivity index (χ3v) is 2.80. The van der Waals surface area contributed by atoms with Gasteiger partial charge in [-0.2, -0.15) is 0 Å². The van der Waals surface area contributed by atoms with Crippen molar-refractivity contribution in [2.45, 2.75) is 11.2 Å². The molecule has 1 rings (SSSR count). The van der Waals surface area contributed by atoms with Crippen molar-refractivity contribution in [2.24, 2.45) is 0 Å². The van der Waals surface area contributed by atoms with Crippen LogP contribution in [0.3, 0.4) is 0 Å². The predicted octanol–water partition coefficient (Wildman–Crippen LogP) is 1.70. The largest absolute Gasteiger partial charge is 0.370 e. The molecule has 1 aromatic carbocycles. The second-order valence-electron chi connectivity index (χ2n) is 3.81. The summed E-state index contributed by atoms with van der Waals surface area (Å²) in [5.41, 5.74) is -2.10. The molecule has 2 N–H and O–H groups in total. The van der Waals surface area contributed by atoms with E-state index in [9.17, 15) is 10.2 Å². The summed E-state index contributed by atoms with van der Waals surface area (Å²) in [6, 6.07) is 6.34. The van der Waals surface area contributed by atoms with Crippen LogP contribution >= 0.6 is 0 Å². The highest BCUT2D eigenvalue weighted by molar-refractivity contribution is 5.41. The van der Waals surface area contributed by atoms with Crippen LogP contribution in [0.25, 0.3) is 0 Å². The number of aliphatic hydroxyl groups is 2. The topological polar surface area (TPSA) is 40.5 Å². The van der Waals surface area contributed by atoms with Gasteiger partial charge in [-0.15, -0.1) is 12.8 Å². The van der Waals surface area contributed by atoms with Crippen LogP contribution in [-0.4, -0.2) is 10.2 Å². The lowest BCUT2D eigenvalue weighted by atomic mass is 9.89. The second kappa shape index (κ2) is 4.94. The van der Waals surface area contributed by atoms with Crippen molar-refractivity contribution in [1.29, 1.82) is 0 Å². The lowest BCUT2D eigenvalue weighted by Gasteiger charge is -2.21. The first-order valence-corrected chi connectivity index (χ1v) is 5.24. The zero-order valence-corrected chi connectivity index (χ0v) is 9.93. The highest BCUT2D eigenvalue weighted by Crippen LogP contribution is 2.26. The summed E-state index contributed by atoms with van der Waals surface area (Å²) in [5.74, 6) is 4.49. The van der Waals surface area contributed by atoms with Gasteiger partial charge < -0.3 is 10.2 Å². The zero-order valence-electron chi connectivity index (χ0n) is 9.93. The molecule has 0 radical (unpaired) electrons. The Balaban J connectivity index is 3.25. The van der Waals surface area contributed by atoms with Crippen molar-refractivity contribution < 1.29 is 10.2 Å². The van der Waals surface area contributed by atoms with E-state index in [2.05, 4.69) is 25.0 Å². The average molecular weight is 238 g/mol. The first-order valence-electron chi connectivity index (χ1n) is 5.24. The van der Waals surface area contributed by atoms with E-state index in [0.717, 1.165) is 0 Å². The fourth-order valence-electron chi connectivity index (χ4n) is 1.50. The number of benzene rings is 1. The molecule has 0 bridgehead atoms. The van der Waals surface area contributed by atoms with E-state index in [1.807, 2.05) is 0 Å². The van der Waals surface area contributed by atoms with Crippen molar-refractivity contribution in [3.05, 3.63) is 60.7 Å². The number of hydrogen-bond acceptors (Lipinski definition) is 2. The zero-order chi connectivity index (χ0) is 13.8. The van der Waals surface area contributed by atoms with Crippen LogP contribution < -0.4 is 0 Å². The Morgan fingerprint density at radius 1 is 0.889 bits per heavy atom. The molecule has 90 valence electrons. The van der Waals surface area contributed by atoms with Gasteiger partial charge in [-0.05, 0) is 23.3 Å². The molecule has 0 saturated carbocycles. The number of hydrogen-bond donors (Lipinski definition) is 2. The molecule has 0 aliphatic carbocycles. The minimum Gasteiger partial charge on any atom is -0.370 e. The Morgan fingerprint density at radius 2 is 1.17 bits per heavy atom. The van der Waals surface area contributed by atoms with Crippen LogP contribution in [0.4, 0.5) is 0 Å². The highest BCUT2D eigenvalue weighted by atomic mass is 16.3. The van der Waals surface area contributed by atoms with Crippen molar-refractivity contribution in [1.82, 2.24) is 0 Å². The van der Waals surface area contributed by atoms with E-state index >= 15 is 0 Å². The van der Waals surface area contributed by atoms with Crippen LogP contribution in [0, 0.1) is 24.7 Å². The standard InChI is InChI=1S/C16H14O2/c1-5-15(17,6-2)13-9-11-14(12-10-13)16(18,7-3)8-4/h1,3,6,8-12,17-18H,2,4H2. The average Bonchev–Trinajstić information content (AvgIpc) is 2.45. The van der Waals surface area contributed by atoms with Crippen LogP contribution in [0.2, 0.25) is 0 Å². The molecule has 0 saturated heterocycles. The summed E-state index contributed by atoms with van der Waals surface area (Å²) in [6.07, 6.45) is 13.0. The maximum absolute atomic E-state index is 10.0. The van der Waals surface area contributed by atoms with Crippen molar-refractivity contribution in [3.8, 4) is 24.7 Å². The first kappa shape index (κ1) is 13.8.